The third-order valence-corrected chi connectivity index (χ3v) is 7.36. The monoisotopic (exact) mass is 485 g/mol. The molecule has 1 saturated heterocycles. The van der Waals surface area contributed by atoms with Crippen LogP contribution < -0.4 is 5.56 Å². The van der Waals surface area contributed by atoms with Crippen molar-refractivity contribution in [2.24, 2.45) is 13.0 Å². The largest absolute Gasteiger partial charge is 0.466 e. The second-order valence-electron chi connectivity index (χ2n) is 8.85. The highest BCUT2D eigenvalue weighted by Gasteiger charge is 2.27. The van der Waals surface area contributed by atoms with Crippen LogP contribution in [0.5, 0.6) is 0 Å². The maximum absolute atomic E-state index is 13.0. The number of benzene rings is 1. The van der Waals surface area contributed by atoms with E-state index in [0.29, 0.717) is 62.7 Å². The molecule has 0 bridgehead atoms. The van der Waals surface area contributed by atoms with Crippen LogP contribution in [0.4, 0.5) is 0 Å². The zero-order valence-corrected chi connectivity index (χ0v) is 21.5. The summed E-state index contributed by atoms with van der Waals surface area (Å²) in [5.74, 6) is 0.588. The molecule has 1 amide bonds. The lowest BCUT2D eigenvalue weighted by Gasteiger charge is -2.31. The second-order valence-corrected chi connectivity index (χ2v) is 9.91. The van der Waals surface area contributed by atoms with E-state index in [4.69, 9.17) is 4.74 Å². The van der Waals surface area contributed by atoms with E-state index in [1.165, 1.54) is 17.3 Å². The fourth-order valence-electron chi connectivity index (χ4n) is 4.26. The van der Waals surface area contributed by atoms with Gasteiger partial charge in [-0.05, 0) is 45.6 Å². The molecule has 0 aliphatic carbocycles. The minimum atomic E-state index is -0.149. The van der Waals surface area contributed by atoms with Crippen LogP contribution in [0.3, 0.4) is 0 Å². The first-order valence-corrected chi connectivity index (χ1v) is 13.0. The zero-order valence-electron chi connectivity index (χ0n) is 20.6. The first-order valence-electron chi connectivity index (χ1n) is 12.0. The number of hydrogen-bond acceptors (Lipinski definition) is 6. The molecule has 1 aliphatic heterocycles. The molecule has 1 fully saturated rings. The summed E-state index contributed by atoms with van der Waals surface area (Å²) in [6, 6.07) is 8.18. The maximum Gasteiger partial charge on any atom is 0.309 e. The Morgan fingerprint density at radius 1 is 1.21 bits per heavy atom. The van der Waals surface area contributed by atoms with Gasteiger partial charge in [-0.25, -0.2) is 4.98 Å². The van der Waals surface area contributed by atoms with Crippen LogP contribution in [0.1, 0.15) is 55.0 Å². The average Bonchev–Trinajstić information content (AvgIpc) is 2.82. The van der Waals surface area contributed by atoms with Gasteiger partial charge < -0.3 is 9.64 Å². The smallest absolute Gasteiger partial charge is 0.309 e. The summed E-state index contributed by atoms with van der Waals surface area (Å²) in [7, 11) is 1.76. The lowest BCUT2D eigenvalue weighted by molar-refractivity contribution is -0.151. The number of hydrogen-bond donors (Lipinski definition) is 0. The quantitative estimate of drug-likeness (QED) is 0.233. The Labute approximate surface area is 205 Å². The molecule has 1 aliphatic rings. The highest BCUT2D eigenvalue weighted by molar-refractivity contribution is 7.99. The van der Waals surface area contributed by atoms with Gasteiger partial charge in [0.1, 0.15) is 0 Å². The van der Waals surface area contributed by atoms with Gasteiger partial charge in [0.15, 0.2) is 5.16 Å². The lowest BCUT2D eigenvalue weighted by Crippen LogP contribution is -2.40. The molecule has 3 rings (SSSR count). The molecule has 8 heteroatoms. The number of aryl methyl sites for hydroxylation is 2. The van der Waals surface area contributed by atoms with E-state index < -0.39 is 0 Å². The molecule has 184 valence electrons. The van der Waals surface area contributed by atoms with E-state index in [1.54, 1.807) is 11.6 Å². The van der Waals surface area contributed by atoms with E-state index in [2.05, 4.69) is 11.1 Å². The zero-order chi connectivity index (χ0) is 24.7. The average molecular weight is 486 g/mol. The molecule has 0 atom stereocenters. The Bertz CT molecular complexity index is 1070. The van der Waals surface area contributed by atoms with Crippen molar-refractivity contribution in [1.29, 1.82) is 0 Å². The van der Waals surface area contributed by atoms with Crippen molar-refractivity contribution in [1.82, 2.24) is 14.5 Å². The predicted molar refractivity (Wildman–Crippen MR) is 134 cm³/mol. The summed E-state index contributed by atoms with van der Waals surface area (Å²) in [5, 5.41) is 0.679. The number of ether oxygens (including phenoxy) is 1. The molecule has 1 aromatic heterocycles. The fourth-order valence-corrected chi connectivity index (χ4v) is 5.21. The van der Waals surface area contributed by atoms with Gasteiger partial charge in [-0.15, -0.1) is 0 Å². The fraction of sp³-hybridized carbons (Fsp3) is 0.538. The minimum absolute atomic E-state index is 0.0166. The molecule has 0 spiro atoms. The molecule has 2 heterocycles. The van der Waals surface area contributed by atoms with E-state index in [1.807, 2.05) is 43.9 Å². The Kier molecular flexibility index (Phi) is 9.33. The molecule has 1 aromatic carbocycles. The van der Waals surface area contributed by atoms with Gasteiger partial charge in [-0.3, -0.25) is 19.0 Å². The van der Waals surface area contributed by atoms with Gasteiger partial charge in [-0.2, -0.15) is 0 Å². The summed E-state index contributed by atoms with van der Waals surface area (Å²) in [6.07, 6.45) is 3.06. The SMILES string of the molecule is CCOC(=O)C1CCN(C(=O)CCCSc2nc(C)c(Cc3cccc(C)c3)c(=O)n2C)CC1. The number of carbonyl (C=O) groups excluding carboxylic acids is 2. The minimum Gasteiger partial charge on any atom is -0.466 e. The van der Waals surface area contributed by atoms with E-state index in [9.17, 15) is 14.4 Å². The normalized spacial score (nSPS) is 14.3. The number of esters is 1. The lowest BCUT2D eigenvalue weighted by atomic mass is 9.97. The number of aromatic nitrogens is 2. The van der Waals surface area contributed by atoms with Crippen molar-refractivity contribution >= 4 is 23.6 Å². The van der Waals surface area contributed by atoms with Crippen molar-refractivity contribution in [3.63, 3.8) is 0 Å². The van der Waals surface area contributed by atoms with Gasteiger partial charge in [0, 0.05) is 50.0 Å². The number of rotatable bonds is 9. The van der Waals surface area contributed by atoms with Crippen molar-refractivity contribution < 1.29 is 14.3 Å². The molecular formula is C26H35N3O4S. The van der Waals surface area contributed by atoms with Crippen LogP contribution in [0.25, 0.3) is 0 Å². The van der Waals surface area contributed by atoms with Crippen LogP contribution in [-0.2, 0) is 27.8 Å². The topological polar surface area (TPSA) is 81.5 Å². The number of nitrogens with zero attached hydrogens (tertiary/aromatic N) is 3. The summed E-state index contributed by atoms with van der Waals surface area (Å²) < 4.78 is 6.71. The van der Waals surface area contributed by atoms with Gasteiger partial charge in [0.2, 0.25) is 5.91 Å². The van der Waals surface area contributed by atoms with Crippen LogP contribution in [-0.4, -0.2) is 51.8 Å². The molecule has 0 unspecified atom stereocenters. The molecule has 34 heavy (non-hydrogen) atoms. The predicted octanol–water partition coefficient (Wildman–Crippen LogP) is 3.66. The van der Waals surface area contributed by atoms with Crippen LogP contribution in [0, 0.1) is 19.8 Å². The van der Waals surface area contributed by atoms with E-state index in [-0.39, 0.29) is 23.4 Å². The molecular weight excluding hydrogens is 450 g/mol. The van der Waals surface area contributed by atoms with Crippen molar-refractivity contribution in [2.45, 2.75) is 58.0 Å². The number of carbonyl (C=O) groups is 2. The second kappa shape index (κ2) is 12.2. The molecule has 2 aromatic rings. The maximum atomic E-state index is 13.0. The van der Waals surface area contributed by atoms with Gasteiger partial charge in [-0.1, -0.05) is 41.6 Å². The number of thioether (sulfide) groups is 1. The standard InChI is InChI=1S/C26H35N3O4S/c1-5-33-25(32)21-11-13-29(14-12-21)23(30)10-7-15-34-26-27-19(3)22(24(31)28(26)4)17-20-9-6-8-18(2)16-20/h6,8-9,16,21H,5,7,10-15,17H2,1-4H3. The number of piperidine rings is 1. The molecule has 0 saturated carbocycles. The number of amides is 1. The summed E-state index contributed by atoms with van der Waals surface area (Å²) in [6.45, 7) is 7.34. The van der Waals surface area contributed by atoms with Gasteiger partial charge in [0.25, 0.3) is 5.56 Å². The first-order chi connectivity index (χ1) is 16.3. The Morgan fingerprint density at radius 3 is 2.62 bits per heavy atom. The van der Waals surface area contributed by atoms with E-state index in [0.717, 1.165) is 16.8 Å². The number of likely N-dealkylation sites (tertiary alicyclic amines) is 1. The highest BCUT2D eigenvalue weighted by atomic mass is 32.2. The summed E-state index contributed by atoms with van der Waals surface area (Å²) in [4.78, 5) is 43.9. The van der Waals surface area contributed by atoms with E-state index >= 15 is 0 Å². The molecule has 0 N–H and O–H groups in total. The van der Waals surface area contributed by atoms with Crippen molar-refractivity contribution in [2.75, 3.05) is 25.4 Å². The molecule has 0 radical (unpaired) electrons. The molecule has 7 nitrogen and oxygen atoms in total. The van der Waals surface area contributed by atoms with Gasteiger partial charge in [0.05, 0.1) is 12.5 Å². The third-order valence-electron chi connectivity index (χ3n) is 6.25. The Balaban J connectivity index is 1.49. The van der Waals surface area contributed by atoms with Gasteiger partial charge >= 0.3 is 5.97 Å². The van der Waals surface area contributed by atoms with Crippen LogP contribution in [0.2, 0.25) is 0 Å². The Hall–Kier alpha value is -2.61. The van der Waals surface area contributed by atoms with Crippen molar-refractivity contribution in [3.8, 4) is 0 Å². The highest BCUT2D eigenvalue weighted by Crippen LogP contribution is 2.21. The summed E-state index contributed by atoms with van der Waals surface area (Å²) >= 11 is 1.51. The van der Waals surface area contributed by atoms with Crippen LogP contribution in [0.15, 0.2) is 34.2 Å². The summed E-state index contributed by atoms with van der Waals surface area (Å²) in [5.41, 5.74) is 3.74. The first kappa shape index (κ1) is 26.0. The third kappa shape index (κ3) is 6.72. The van der Waals surface area contributed by atoms with Crippen LogP contribution >= 0.6 is 11.8 Å². The van der Waals surface area contributed by atoms with Crippen molar-refractivity contribution in [3.05, 3.63) is 57.0 Å². The Morgan fingerprint density at radius 2 is 1.94 bits per heavy atom.